The van der Waals surface area contributed by atoms with Gasteiger partial charge in [0.2, 0.25) is 5.91 Å². The second-order valence-electron chi connectivity index (χ2n) is 7.57. The number of amides is 1. The van der Waals surface area contributed by atoms with Crippen LogP contribution < -0.4 is 0 Å². The molecule has 156 valence electrons. The van der Waals surface area contributed by atoms with E-state index in [0.717, 1.165) is 24.2 Å². The van der Waals surface area contributed by atoms with Gasteiger partial charge >= 0.3 is 6.18 Å². The normalized spacial score (nSPS) is 24.6. The van der Waals surface area contributed by atoms with Gasteiger partial charge in [-0.05, 0) is 31.4 Å². The molecule has 1 N–H and O–H groups in total. The Kier molecular flexibility index (Phi) is 5.28. The number of alkyl halides is 3. The minimum Gasteiger partial charge on any atom is -0.373 e. The summed E-state index contributed by atoms with van der Waals surface area (Å²) >= 11 is 0. The first-order valence-electron chi connectivity index (χ1n) is 9.43. The van der Waals surface area contributed by atoms with Crippen LogP contribution in [0, 0.1) is 11.7 Å². The molecule has 1 aromatic heterocycles. The maximum absolute atomic E-state index is 13.9. The highest BCUT2D eigenvalue weighted by atomic mass is 19.4. The van der Waals surface area contributed by atoms with Gasteiger partial charge in [-0.25, -0.2) is 4.39 Å². The first kappa shape index (κ1) is 19.8. The molecule has 0 spiro atoms. The minimum absolute atomic E-state index is 0.0720. The van der Waals surface area contributed by atoms with Gasteiger partial charge in [-0.2, -0.15) is 28.6 Å². The Morgan fingerprint density at radius 2 is 2.10 bits per heavy atom. The molecule has 29 heavy (non-hydrogen) atoms. The third-order valence-corrected chi connectivity index (χ3v) is 5.65. The molecule has 1 saturated heterocycles. The Labute approximate surface area is 164 Å². The van der Waals surface area contributed by atoms with Crippen molar-refractivity contribution in [3.05, 3.63) is 47.0 Å². The topological polar surface area (TPSA) is 71.1 Å². The third kappa shape index (κ3) is 4.26. The van der Waals surface area contributed by atoms with Crippen LogP contribution in [0.15, 0.2) is 24.4 Å². The largest absolute Gasteiger partial charge is 0.416 e. The zero-order valence-electron chi connectivity index (χ0n) is 15.5. The van der Waals surface area contributed by atoms with Crippen molar-refractivity contribution >= 4 is 5.91 Å². The fraction of sp³-hybridized carbons (Fsp3) is 0.526. The predicted molar refractivity (Wildman–Crippen MR) is 93.0 cm³/mol. The highest BCUT2D eigenvalue weighted by Crippen LogP contribution is 2.35. The maximum atomic E-state index is 13.9. The molecule has 1 saturated carbocycles. The van der Waals surface area contributed by atoms with E-state index in [0.29, 0.717) is 32.0 Å². The molecule has 2 fully saturated rings. The van der Waals surface area contributed by atoms with Gasteiger partial charge in [0.1, 0.15) is 5.82 Å². The monoisotopic (exact) mass is 412 g/mol. The van der Waals surface area contributed by atoms with Gasteiger partial charge in [-0.15, -0.1) is 0 Å². The van der Waals surface area contributed by atoms with E-state index < -0.39 is 17.6 Å². The molecule has 0 bridgehead atoms. The van der Waals surface area contributed by atoms with Crippen LogP contribution in [0.4, 0.5) is 17.6 Å². The van der Waals surface area contributed by atoms with Gasteiger partial charge in [-0.1, -0.05) is 6.07 Å². The lowest BCUT2D eigenvalue weighted by Crippen LogP contribution is -2.43. The van der Waals surface area contributed by atoms with E-state index in [-0.39, 0.29) is 36.0 Å². The predicted octanol–water partition coefficient (Wildman–Crippen LogP) is 3.27. The van der Waals surface area contributed by atoms with Crippen molar-refractivity contribution in [3.8, 4) is 0 Å². The maximum Gasteiger partial charge on any atom is 0.416 e. The molecule has 1 atom stereocenters. The van der Waals surface area contributed by atoms with Crippen molar-refractivity contribution in [2.45, 2.75) is 44.1 Å². The quantitative estimate of drug-likeness (QED) is 0.766. The van der Waals surface area contributed by atoms with Gasteiger partial charge in [-0.3, -0.25) is 4.79 Å². The zero-order chi connectivity index (χ0) is 20.6. The summed E-state index contributed by atoms with van der Waals surface area (Å²) < 4.78 is 57.2. The van der Waals surface area contributed by atoms with E-state index in [1.165, 1.54) is 0 Å². The summed E-state index contributed by atoms with van der Waals surface area (Å²) in [5, 5.41) is 10.5. The number of halogens is 4. The lowest BCUT2D eigenvalue weighted by molar-refractivity contribution is -0.144. The van der Waals surface area contributed by atoms with Gasteiger partial charge in [0.05, 0.1) is 30.2 Å². The van der Waals surface area contributed by atoms with E-state index in [2.05, 4.69) is 15.4 Å². The lowest BCUT2D eigenvalue weighted by Gasteiger charge is -2.36. The molecule has 2 aliphatic rings. The summed E-state index contributed by atoms with van der Waals surface area (Å²) in [7, 11) is 0. The molecular weight excluding hydrogens is 392 g/mol. The van der Waals surface area contributed by atoms with Crippen molar-refractivity contribution in [2.75, 3.05) is 13.1 Å². The summed E-state index contributed by atoms with van der Waals surface area (Å²) in [6, 6.07) is 2.41. The number of H-pyrrole nitrogens is 1. The standard InChI is InChI=1S/C19H20F4N4O2/c20-16-7-14(19(21,22)23)2-1-12(16)10-29-15-5-13(6-15)18(28)27-4-3-11(9-27)17-8-24-26-25-17/h1-2,7-8,11,13,15H,3-6,9-10H2,(H,24,25,26). The fourth-order valence-corrected chi connectivity index (χ4v) is 3.82. The van der Waals surface area contributed by atoms with Crippen LogP contribution in [0.3, 0.4) is 0 Å². The fourth-order valence-electron chi connectivity index (χ4n) is 3.82. The number of aromatic amines is 1. The van der Waals surface area contributed by atoms with Crippen molar-refractivity contribution in [3.63, 3.8) is 0 Å². The Morgan fingerprint density at radius 1 is 1.31 bits per heavy atom. The van der Waals surface area contributed by atoms with E-state index in [1.54, 1.807) is 6.20 Å². The number of nitrogens with zero attached hydrogens (tertiary/aromatic N) is 3. The number of benzene rings is 1. The van der Waals surface area contributed by atoms with Gasteiger partial charge in [0.15, 0.2) is 0 Å². The zero-order valence-corrected chi connectivity index (χ0v) is 15.5. The number of rotatable bonds is 5. The van der Waals surface area contributed by atoms with Gasteiger partial charge in [0, 0.05) is 30.5 Å². The van der Waals surface area contributed by atoms with Crippen molar-refractivity contribution < 1.29 is 27.1 Å². The van der Waals surface area contributed by atoms with E-state index in [4.69, 9.17) is 4.74 Å². The Morgan fingerprint density at radius 3 is 2.76 bits per heavy atom. The average molecular weight is 412 g/mol. The highest BCUT2D eigenvalue weighted by Gasteiger charge is 2.40. The average Bonchev–Trinajstić information content (AvgIpc) is 3.31. The SMILES string of the molecule is O=C(C1CC(OCc2ccc(C(F)(F)F)cc2F)C1)N1CCC(c2cn[nH]n2)C1. The van der Waals surface area contributed by atoms with Crippen LogP contribution in [0.1, 0.15) is 42.0 Å². The lowest BCUT2D eigenvalue weighted by atomic mass is 9.81. The number of likely N-dealkylation sites (tertiary alicyclic amines) is 1. The van der Waals surface area contributed by atoms with E-state index in [9.17, 15) is 22.4 Å². The Bertz CT molecular complexity index is 866. The molecule has 10 heteroatoms. The van der Waals surface area contributed by atoms with Crippen LogP contribution in [-0.4, -0.2) is 45.4 Å². The highest BCUT2D eigenvalue weighted by molar-refractivity contribution is 5.80. The minimum atomic E-state index is -4.58. The number of carbonyl (C=O) groups is 1. The first-order chi connectivity index (χ1) is 13.8. The molecule has 0 radical (unpaired) electrons. The summed E-state index contributed by atoms with van der Waals surface area (Å²) in [5.74, 6) is -0.805. The number of hydrogen-bond donors (Lipinski definition) is 1. The number of ether oxygens (including phenoxy) is 1. The Balaban J connectivity index is 1.23. The molecule has 6 nitrogen and oxygen atoms in total. The van der Waals surface area contributed by atoms with Crippen molar-refractivity contribution in [2.24, 2.45) is 5.92 Å². The van der Waals surface area contributed by atoms with Crippen molar-refractivity contribution in [1.82, 2.24) is 20.3 Å². The van der Waals surface area contributed by atoms with Crippen LogP contribution >= 0.6 is 0 Å². The second kappa shape index (κ2) is 7.74. The van der Waals surface area contributed by atoms with Gasteiger partial charge in [0.25, 0.3) is 0 Å². The van der Waals surface area contributed by atoms with Crippen molar-refractivity contribution in [1.29, 1.82) is 0 Å². The number of carbonyl (C=O) groups excluding carboxylic acids is 1. The van der Waals surface area contributed by atoms with Crippen LogP contribution in [0.25, 0.3) is 0 Å². The molecule has 2 aromatic rings. The molecule has 1 aromatic carbocycles. The van der Waals surface area contributed by atoms with Crippen LogP contribution in [0.5, 0.6) is 0 Å². The molecule has 1 aliphatic heterocycles. The summed E-state index contributed by atoms with van der Waals surface area (Å²) in [6.45, 7) is 1.17. The number of hydrogen-bond acceptors (Lipinski definition) is 4. The second-order valence-corrected chi connectivity index (χ2v) is 7.57. The summed E-state index contributed by atoms with van der Waals surface area (Å²) in [4.78, 5) is 14.4. The van der Waals surface area contributed by atoms with E-state index >= 15 is 0 Å². The summed E-state index contributed by atoms with van der Waals surface area (Å²) in [5.41, 5.74) is -0.0981. The molecular formula is C19H20F4N4O2. The molecule has 2 heterocycles. The first-order valence-corrected chi connectivity index (χ1v) is 9.43. The number of nitrogens with one attached hydrogen (secondary N) is 1. The molecule has 4 rings (SSSR count). The third-order valence-electron chi connectivity index (χ3n) is 5.65. The molecule has 1 unspecified atom stereocenters. The smallest absolute Gasteiger partial charge is 0.373 e. The van der Waals surface area contributed by atoms with Crippen LogP contribution in [-0.2, 0) is 22.3 Å². The molecule has 1 aliphatic carbocycles. The summed E-state index contributed by atoms with van der Waals surface area (Å²) in [6.07, 6.45) is -1.19. The number of aromatic nitrogens is 3. The van der Waals surface area contributed by atoms with Crippen LogP contribution in [0.2, 0.25) is 0 Å². The Hall–Kier alpha value is -2.49. The van der Waals surface area contributed by atoms with Gasteiger partial charge < -0.3 is 9.64 Å². The van der Waals surface area contributed by atoms with E-state index in [1.807, 2.05) is 4.90 Å². The molecule has 1 amide bonds.